The fourth-order valence-electron chi connectivity index (χ4n) is 18.4. The number of aromatic amines is 24. The van der Waals surface area contributed by atoms with Crippen LogP contribution in [-0.2, 0) is 0 Å². The molecule has 24 heterocycles. The summed E-state index contributed by atoms with van der Waals surface area (Å²) in [4.78, 5) is 114. The molecule has 712 valence electrons. The molecule has 0 saturated carbocycles. The SMILES string of the molecule is OP(N=P(N(c1ccc[nH]1)c1ccc[nH]1)(N(c1ccc[nH]1)c1ccc[nH]1)N(c1ccc[nH]1)c1ccc[nH]1)(N=P(N(c1ccc[nH]1)c1ccc[nH]1)(N(c1ccc[nH]1)c1ccc[nH]1)N(c1ccc[nH]1)c1ccc[nH]1)(N=P(N(c1ccc[nH]1)c1ccc[nH]1)(N(c1ccc[nH]1)c1ccc[nH]1)N(c1ccc[nH]1)c1ccc[nH]1)N=P(N(c1ccc[nH]1)c1ccc[nH]1)(N(c1ccc[nH]1)c1ccc[nH]1)N(c1ccc[nH]1)c1ccc[nH]1. The molecule has 0 aliphatic rings. The number of anilines is 24. The molecule has 0 spiro atoms. The molecule has 0 saturated heterocycles. The van der Waals surface area contributed by atoms with E-state index in [-0.39, 0.29) is 0 Å². The van der Waals surface area contributed by atoms with Gasteiger partial charge in [-0.3, -0.25) is 0 Å². The molecular formula is C96H97N40OP5. The van der Waals surface area contributed by atoms with Crippen molar-refractivity contribution in [3.63, 3.8) is 0 Å². The van der Waals surface area contributed by atoms with E-state index in [1.165, 1.54) is 0 Å². The van der Waals surface area contributed by atoms with Gasteiger partial charge in [-0.1, -0.05) is 0 Å². The first-order chi connectivity index (χ1) is 70.2. The number of nitrogens with zero attached hydrogens (tertiary/aromatic N) is 16. The second-order valence-corrected chi connectivity index (χ2v) is 46.2. The molecule has 0 unspecified atom stereocenters. The number of hydrogen-bond acceptors (Lipinski definition) is 5. The molecule has 0 bridgehead atoms. The van der Waals surface area contributed by atoms with E-state index in [9.17, 15) is 0 Å². The Kier molecular flexibility index (Phi) is 22.1. The average Bonchev–Trinajstić information content (AvgIpc) is 0.883. The topological polar surface area (TPSA) is 488 Å². The van der Waals surface area contributed by atoms with Crippen molar-refractivity contribution in [1.29, 1.82) is 0 Å². The van der Waals surface area contributed by atoms with Crippen LogP contribution in [0.3, 0.4) is 0 Å². The number of H-pyrrole nitrogens is 24. The summed E-state index contributed by atoms with van der Waals surface area (Å²) < 4.78 is 57.1. The van der Waals surface area contributed by atoms with Gasteiger partial charge in [0.1, 0.15) is 0 Å². The summed E-state index contributed by atoms with van der Waals surface area (Å²) in [5, 5.41) is 0. The molecule has 41 nitrogen and oxygen atoms in total. The van der Waals surface area contributed by atoms with Gasteiger partial charge in [0.2, 0.25) is 0 Å². The van der Waals surface area contributed by atoms with Crippen LogP contribution in [0.1, 0.15) is 0 Å². The van der Waals surface area contributed by atoms with E-state index in [0.717, 1.165) is 0 Å². The van der Waals surface area contributed by atoms with Gasteiger partial charge in [-0.15, -0.1) is 0 Å². The Balaban J connectivity index is 1.17. The van der Waals surface area contributed by atoms with Crippen LogP contribution < -0.4 is 56.0 Å². The molecule has 24 aromatic rings. The fourth-order valence-corrected chi connectivity index (χ4v) is 44.0. The summed E-state index contributed by atoms with van der Waals surface area (Å²) in [7, 11) is -30.8. The van der Waals surface area contributed by atoms with E-state index < -0.39 is 37.5 Å². The predicted octanol–water partition coefficient (Wildman–Crippen LogP) is 27.8. The Hall–Kier alpha value is -18.4. The van der Waals surface area contributed by atoms with E-state index >= 15 is 4.89 Å². The van der Waals surface area contributed by atoms with Crippen molar-refractivity contribution >= 4 is 177 Å². The van der Waals surface area contributed by atoms with Gasteiger partial charge in [0.05, 0.1) is 0 Å². The molecule has 0 amide bonds. The molecule has 0 aromatic carbocycles. The van der Waals surface area contributed by atoms with Crippen molar-refractivity contribution in [2.24, 2.45) is 18.1 Å². The standard InChI is InChI=1S/C96H97N40OP5/c137-142(121-138(125(73-25-1-49-97-73)74-26-2-50-98-74,126(75-27-3-51-99-75)76-28-4-52-100-76)127(77-29-5-53-101-77)78-30-6-54-102-78,122-139(128(79-31-7-55-103-79)80-32-8-56-104-80,129(81-33-9-57-105-81)82-34-10-58-106-82)130(83-35-11-59-107-83)84-36-12-60-108-84,123-140(131(85-37-13-61-109-85)86-38-14-62-110-86,132(87-39-15-63-111-87)88-40-16-64-112-88)133(89-41-17-65-113-89)90-42-18-66-114-90)124-141(134(91-43-19-67-115-91)92-44-20-68-116-92,135(93-45-21-69-117-93)94-46-22-70-118-94)136(95-47-23-71-119-95)96-48-24-72-120-96/h1-72,97-120,137H. The van der Waals surface area contributed by atoms with Gasteiger partial charge in [-0.2, -0.15) is 0 Å². The van der Waals surface area contributed by atoms with Gasteiger partial charge in [-0.05, 0) is 0 Å². The molecular weight excluding hydrogens is 1880 g/mol. The first-order valence-electron chi connectivity index (χ1n) is 45.4. The number of hydrogen-bond donors (Lipinski definition) is 25. The van der Waals surface area contributed by atoms with Gasteiger partial charge in [0.15, 0.2) is 0 Å². The third kappa shape index (κ3) is 14.8. The van der Waals surface area contributed by atoms with Crippen LogP contribution >= 0.6 is 37.5 Å². The van der Waals surface area contributed by atoms with E-state index in [1.807, 2.05) is 440 Å². The first-order valence-corrected chi connectivity index (χ1v) is 53.8. The fraction of sp³-hybridized carbons (Fsp3) is 0. The van der Waals surface area contributed by atoms with Crippen molar-refractivity contribution in [1.82, 2.24) is 120 Å². The average molecular weight is 1980 g/mol. The third-order valence-electron chi connectivity index (χ3n) is 23.8. The van der Waals surface area contributed by atoms with Crippen molar-refractivity contribution in [3.8, 4) is 0 Å². The number of rotatable bonds is 40. The summed E-state index contributed by atoms with van der Waals surface area (Å²) in [5.74, 6) is 9.86. The Morgan fingerprint density at radius 3 is 0.239 bits per heavy atom. The minimum atomic E-state index is -8.59. The van der Waals surface area contributed by atoms with Gasteiger partial charge in [0.25, 0.3) is 0 Å². The van der Waals surface area contributed by atoms with Gasteiger partial charge >= 0.3 is 816 Å². The molecule has 46 heteroatoms. The zero-order valence-corrected chi connectivity index (χ0v) is 79.9. The third-order valence-corrected chi connectivity index (χ3v) is 44.3. The van der Waals surface area contributed by atoms with Crippen LogP contribution in [0.15, 0.2) is 458 Å². The summed E-state index contributed by atoms with van der Waals surface area (Å²) >= 11 is 0. The van der Waals surface area contributed by atoms with Crippen LogP contribution in [-0.4, -0.2) is 125 Å². The molecule has 0 aliphatic carbocycles. The molecule has 25 N–H and O–H groups in total. The van der Waals surface area contributed by atoms with Crippen molar-refractivity contribution in [2.75, 3.05) is 56.0 Å². The van der Waals surface area contributed by atoms with Crippen molar-refractivity contribution in [2.45, 2.75) is 0 Å². The maximum absolute atomic E-state index is 21.5. The van der Waals surface area contributed by atoms with Crippen LogP contribution in [0, 0.1) is 0 Å². The predicted molar refractivity (Wildman–Crippen MR) is 571 cm³/mol. The zero-order valence-electron chi connectivity index (χ0n) is 75.4. The maximum atomic E-state index is 21.5. The van der Waals surface area contributed by atoms with E-state index in [0.29, 0.717) is 140 Å². The van der Waals surface area contributed by atoms with Crippen LogP contribution in [0.5, 0.6) is 0 Å². The second kappa shape index (κ2) is 36.3. The quantitative estimate of drug-likeness (QED) is 0.0159. The Morgan fingerprint density at radius 2 is 0.190 bits per heavy atom. The van der Waals surface area contributed by atoms with Gasteiger partial charge in [-0.25, -0.2) is 0 Å². The van der Waals surface area contributed by atoms with E-state index in [4.69, 9.17) is 18.1 Å². The molecule has 0 fully saturated rings. The van der Waals surface area contributed by atoms with Crippen molar-refractivity contribution < 1.29 is 4.89 Å². The summed E-state index contributed by atoms with van der Waals surface area (Å²) in [5.41, 5.74) is 0. The summed E-state index contributed by atoms with van der Waals surface area (Å²) in [6, 6.07) is 94.6. The first kappa shape index (κ1) is 86.5. The zero-order chi connectivity index (χ0) is 94.9. The van der Waals surface area contributed by atoms with Crippen LogP contribution in [0.25, 0.3) is 0 Å². The Labute approximate surface area is 810 Å². The Bertz CT molecular complexity index is 5980. The number of nitrogens with one attached hydrogen (secondary N) is 24. The molecule has 0 atom stereocenters. The molecule has 0 aliphatic heterocycles. The monoisotopic (exact) mass is 1980 g/mol. The molecule has 142 heavy (non-hydrogen) atoms. The number of aromatic nitrogens is 24. The van der Waals surface area contributed by atoms with Crippen LogP contribution in [0.2, 0.25) is 0 Å². The Morgan fingerprint density at radius 1 is 0.127 bits per heavy atom. The van der Waals surface area contributed by atoms with Crippen LogP contribution in [0.4, 0.5) is 140 Å². The molecule has 24 rings (SSSR count). The van der Waals surface area contributed by atoms with Gasteiger partial charge in [0, 0.05) is 0 Å². The second-order valence-electron chi connectivity index (χ2n) is 32.5. The molecule has 0 radical (unpaired) electrons. The van der Waals surface area contributed by atoms with Crippen molar-refractivity contribution in [3.05, 3.63) is 440 Å². The van der Waals surface area contributed by atoms with E-state index in [1.54, 1.807) is 0 Å². The van der Waals surface area contributed by atoms with Gasteiger partial charge < -0.3 is 0 Å². The molecule has 24 aromatic heterocycles. The summed E-state index contributed by atoms with van der Waals surface area (Å²) in [6.07, 6.45) is 45.0. The van der Waals surface area contributed by atoms with E-state index in [2.05, 4.69) is 176 Å². The normalized spacial score (nSPS) is 12.3. The minimum absolute atomic E-state index is 0.411. The summed E-state index contributed by atoms with van der Waals surface area (Å²) in [6.45, 7) is 0.